The van der Waals surface area contributed by atoms with Crippen molar-refractivity contribution in [3.05, 3.63) is 12.5 Å². The van der Waals surface area contributed by atoms with E-state index >= 15 is 0 Å². The van der Waals surface area contributed by atoms with Gasteiger partial charge in [0.1, 0.15) is 12.1 Å². The van der Waals surface area contributed by atoms with Gasteiger partial charge in [0.15, 0.2) is 5.65 Å². The molecule has 0 aliphatic heterocycles. The number of hydrogen-bond donors (Lipinski definition) is 0. The second-order valence-electron chi connectivity index (χ2n) is 5.98. The van der Waals surface area contributed by atoms with Gasteiger partial charge in [0.05, 0.1) is 11.6 Å². The van der Waals surface area contributed by atoms with E-state index in [9.17, 15) is 0 Å². The number of anilines is 1. The molecule has 0 spiro atoms. The van der Waals surface area contributed by atoms with E-state index in [4.69, 9.17) is 0 Å². The third-order valence-electron chi connectivity index (χ3n) is 4.50. The molecule has 100 valence electrons. The van der Waals surface area contributed by atoms with Crippen LogP contribution in [0.2, 0.25) is 0 Å². The van der Waals surface area contributed by atoms with E-state index in [1.54, 1.807) is 6.33 Å². The molecule has 0 atom stereocenters. The minimum absolute atomic E-state index is 0.665. The van der Waals surface area contributed by atoms with Gasteiger partial charge in [-0.2, -0.15) is 5.10 Å². The third-order valence-corrected chi connectivity index (χ3v) is 4.50. The number of aryl methyl sites for hydroxylation is 1. The van der Waals surface area contributed by atoms with Crippen molar-refractivity contribution in [2.45, 2.75) is 31.7 Å². The predicted molar refractivity (Wildman–Crippen MR) is 73.9 cm³/mol. The molecule has 0 unspecified atom stereocenters. The van der Waals surface area contributed by atoms with Crippen LogP contribution >= 0.6 is 0 Å². The molecule has 0 saturated heterocycles. The number of nitrogens with zero attached hydrogens (tertiary/aromatic N) is 5. The van der Waals surface area contributed by atoms with Gasteiger partial charge in [0.2, 0.25) is 0 Å². The molecule has 0 N–H and O–H groups in total. The first-order valence-corrected chi connectivity index (χ1v) is 7.11. The van der Waals surface area contributed by atoms with Crippen molar-refractivity contribution in [2.24, 2.45) is 18.9 Å². The standard InChI is InChI=1S/C14H19N5/c1-18(12(9-3-4-9)10-5-6-10)13-11-7-17-19(2)14(11)16-8-15-13/h7-10,12H,3-6H2,1-2H3. The van der Waals surface area contributed by atoms with Crippen LogP contribution < -0.4 is 4.90 Å². The topological polar surface area (TPSA) is 46.8 Å². The summed E-state index contributed by atoms with van der Waals surface area (Å²) >= 11 is 0. The van der Waals surface area contributed by atoms with Gasteiger partial charge >= 0.3 is 0 Å². The first-order chi connectivity index (χ1) is 9.25. The first kappa shape index (κ1) is 11.2. The quantitative estimate of drug-likeness (QED) is 0.840. The molecule has 0 radical (unpaired) electrons. The molecule has 2 saturated carbocycles. The molecule has 2 aliphatic rings. The molecular weight excluding hydrogens is 238 g/mol. The van der Waals surface area contributed by atoms with Crippen molar-refractivity contribution in [3.63, 3.8) is 0 Å². The molecule has 5 heteroatoms. The van der Waals surface area contributed by atoms with Crippen LogP contribution in [0.25, 0.3) is 11.0 Å². The highest BCUT2D eigenvalue weighted by Crippen LogP contribution is 2.48. The minimum Gasteiger partial charge on any atom is -0.355 e. The zero-order valence-corrected chi connectivity index (χ0v) is 11.5. The first-order valence-electron chi connectivity index (χ1n) is 7.11. The van der Waals surface area contributed by atoms with Crippen LogP contribution in [0.5, 0.6) is 0 Å². The second-order valence-corrected chi connectivity index (χ2v) is 5.98. The Morgan fingerprint density at radius 1 is 1.21 bits per heavy atom. The van der Waals surface area contributed by atoms with E-state index in [0.29, 0.717) is 6.04 Å². The van der Waals surface area contributed by atoms with Gasteiger partial charge in [-0.1, -0.05) is 0 Å². The Bertz CT molecular complexity index is 599. The summed E-state index contributed by atoms with van der Waals surface area (Å²) in [6, 6.07) is 0.665. The fourth-order valence-corrected chi connectivity index (χ4v) is 3.26. The number of fused-ring (bicyclic) bond motifs is 1. The highest BCUT2D eigenvalue weighted by atomic mass is 15.3. The maximum atomic E-state index is 4.52. The maximum absolute atomic E-state index is 4.52. The average molecular weight is 257 g/mol. The lowest BCUT2D eigenvalue weighted by molar-refractivity contribution is 0.501. The van der Waals surface area contributed by atoms with Gasteiger partial charge in [-0.05, 0) is 37.5 Å². The van der Waals surface area contributed by atoms with Crippen LogP contribution in [0.1, 0.15) is 25.7 Å². The van der Waals surface area contributed by atoms with Crippen LogP contribution in [0.15, 0.2) is 12.5 Å². The van der Waals surface area contributed by atoms with Crippen LogP contribution in [-0.2, 0) is 7.05 Å². The monoisotopic (exact) mass is 257 g/mol. The van der Waals surface area contributed by atoms with Gasteiger partial charge in [-0.15, -0.1) is 0 Å². The molecule has 0 bridgehead atoms. The number of aromatic nitrogens is 4. The highest BCUT2D eigenvalue weighted by molar-refractivity contribution is 5.86. The third kappa shape index (κ3) is 1.79. The molecule has 0 aromatic carbocycles. The Balaban J connectivity index is 1.76. The lowest BCUT2D eigenvalue weighted by Gasteiger charge is -2.29. The molecule has 4 rings (SSSR count). The van der Waals surface area contributed by atoms with Gasteiger partial charge in [-0.25, -0.2) is 9.97 Å². The molecule has 2 fully saturated rings. The lowest BCUT2D eigenvalue weighted by atomic mass is 10.1. The molecular formula is C14H19N5. The lowest BCUT2D eigenvalue weighted by Crippen LogP contribution is -2.36. The van der Waals surface area contributed by atoms with Crippen molar-refractivity contribution in [1.82, 2.24) is 19.7 Å². The average Bonchev–Trinajstić information content (AvgIpc) is 3.32. The second kappa shape index (κ2) is 3.92. The smallest absolute Gasteiger partial charge is 0.163 e. The normalized spacial score (nSPS) is 19.3. The van der Waals surface area contributed by atoms with Gasteiger partial charge in [0.25, 0.3) is 0 Å². The fourth-order valence-electron chi connectivity index (χ4n) is 3.26. The molecule has 2 aromatic rings. The highest BCUT2D eigenvalue weighted by Gasteiger charge is 2.44. The van der Waals surface area contributed by atoms with Crippen molar-refractivity contribution in [3.8, 4) is 0 Å². The fraction of sp³-hybridized carbons (Fsp3) is 0.643. The summed E-state index contributed by atoms with van der Waals surface area (Å²) in [7, 11) is 4.12. The SMILES string of the molecule is CN(c1ncnc2c1cnn2C)C(C1CC1)C1CC1. The van der Waals surface area contributed by atoms with E-state index < -0.39 is 0 Å². The van der Waals surface area contributed by atoms with E-state index in [-0.39, 0.29) is 0 Å². The van der Waals surface area contributed by atoms with E-state index in [2.05, 4.69) is 27.0 Å². The Labute approximate surface area is 112 Å². The van der Waals surface area contributed by atoms with Crippen molar-refractivity contribution < 1.29 is 0 Å². The zero-order valence-electron chi connectivity index (χ0n) is 11.5. The van der Waals surface area contributed by atoms with Crippen molar-refractivity contribution >= 4 is 16.9 Å². The van der Waals surface area contributed by atoms with Crippen molar-refractivity contribution in [2.75, 3.05) is 11.9 Å². The molecule has 2 aliphatic carbocycles. The van der Waals surface area contributed by atoms with Crippen LogP contribution in [0, 0.1) is 11.8 Å². The summed E-state index contributed by atoms with van der Waals surface area (Å²) in [6.07, 6.45) is 9.07. The molecule has 2 heterocycles. The largest absolute Gasteiger partial charge is 0.355 e. The number of hydrogen-bond acceptors (Lipinski definition) is 4. The van der Waals surface area contributed by atoms with Crippen LogP contribution in [0.4, 0.5) is 5.82 Å². The summed E-state index contributed by atoms with van der Waals surface area (Å²) in [6.45, 7) is 0. The van der Waals surface area contributed by atoms with Crippen LogP contribution in [-0.4, -0.2) is 32.8 Å². The molecule has 0 amide bonds. The minimum atomic E-state index is 0.665. The summed E-state index contributed by atoms with van der Waals surface area (Å²) < 4.78 is 1.82. The van der Waals surface area contributed by atoms with Gasteiger partial charge < -0.3 is 4.90 Å². The number of rotatable bonds is 4. The Hall–Kier alpha value is -1.65. The predicted octanol–water partition coefficient (Wildman–Crippen LogP) is 1.99. The Kier molecular flexibility index (Phi) is 2.31. The Morgan fingerprint density at radius 2 is 1.89 bits per heavy atom. The van der Waals surface area contributed by atoms with E-state index in [1.807, 2.05) is 17.9 Å². The molecule has 2 aromatic heterocycles. The summed E-state index contributed by atoms with van der Waals surface area (Å²) in [5, 5.41) is 5.37. The summed E-state index contributed by atoms with van der Waals surface area (Å²) in [4.78, 5) is 11.2. The van der Waals surface area contributed by atoms with Crippen LogP contribution in [0.3, 0.4) is 0 Å². The van der Waals surface area contributed by atoms with Gasteiger partial charge in [0, 0.05) is 20.1 Å². The molecule has 5 nitrogen and oxygen atoms in total. The van der Waals surface area contributed by atoms with Gasteiger partial charge in [-0.3, -0.25) is 4.68 Å². The maximum Gasteiger partial charge on any atom is 0.163 e. The summed E-state index contributed by atoms with van der Waals surface area (Å²) in [5.74, 6) is 2.79. The van der Waals surface area contributed by atoms with E-state index in [1.165, 1.54) is 25.7 Å². The Morgan fingerprint density at radius 3 is 2.53 bits per heavy atom. The van der Waals surface area contributed by atoms with E-state index in [0.717, 1.165) is 28.7 Å². The molecule has 19 heavy (non-hydrogen) atoms. The summed E-state index contributed by atoms with van der Waals surface area (Å²) in [5.41, 5.74) is 0.919. The van der Waals surface area contributed by atoms with Crippen molar-refractivity contribution in [1.29, 1.82) is 0 Å². The zero-order chi connectivity index (χ0) is 13.0.